The summed E-state index contributed by atoms with van der Waals surface area (Å²) in [5.74, 6) is 2.51. The third-order valence-electron chi connectivity index (χ3n) is 5.00. The van der Waals surface area contributed by atoms with Crippen LogP contribution in [0.15, 0.2) is 36.5 Å². The fourth-order valence-corrected chi connectivity index (χ4v) is 3.21. The molecule has 0 spiro atoms. The molecule has 136 valence electrons. The Morgan fingerprint density at radius 2 is 1.77 bits per heavy atom. The Labute approximate surface area is 153 Å². The second-order valence-electron chi connectivity index (χ2n) is 6.93. The lowest BCUT2D eigenvalue weighted by atomic mass is 10.2. The molecule has 2 aliphatic rings. The van der Waals surface area contributed by atoms with Crippen molar-refractivity contribution in [2.45, 2.75) is 19.3 Å². The summed E-state index contributed by atoms with van der Waals surface area (Å²) in [6, 6.07) is 9.62. The van der Waals surface area contributed by atoms with Gasteiger partial charge in [0.1, 0.15) is 5.82 Å². The summed E-state index contributed by atoms with van der Waals surface area (Å²) in [4.78, 5) is 21.0. The third-order valence-corrected chi connectivity index (χ3v) is 5.00. The van der Waals surface area contributed by atoms with Gasteiger partial charge in [0.25, 0.3) is 5.91 Å². The zero-order valence-corrected chi connectivity index (χ0v) is 14.8. The van der Waals surface area contributed by atoms with Crippen molar-refractivity contribution in [3.63, 3.8) is 0 Å². The predicted molar refractivity (Wildman–Crippen MR) is 100 cm³/mol. The van der Waals surface area contributed by atoms with E-state index in [1.54, 1.807) is 6.07 Å². The van der Waals surface area contributed by atoms with Crippen molar-refractivity contribution in [3.05, 3.63) is 42.2 Å². The summed E-state index contributed by atoms with van der Waals surface area (Å²) in [7, 11) is 0. The van der Waals surface area contributed by atoms with Crippen molar-refractivity contribution in [1.82, 2.24) is 20.5 Å². The highest BCUT2D eigenvalue weighted by molar-refractivity contribution is 5.92. The van der Waals surface area contributed by atoms with E-state index in [0.29, 0.717) is 5.69 Å². The normalized spacial score (nSPS) is 17.2. The van der Waals surface area contributed by atoms with Crippen LogP contribution >= 0.6 is 0 Å². The summed E-state index contributed by atoms with van der Waals surface area (Å²) in [6.45, 7) is 4.23. The van der Waals surface area contributed by atoms with Crippen LogP contribution in [0.4, 0.5) is 11.6 Å². The van der Waals surface area contributed by atoms with E-state index in [1.165, 1.54) is 12.8 Å². The van der Waals surface area contributed by atoms with E-state index in [-0.39, 0.29) is 5.91 Å². The lowest BCUT2D eigenvalue weighted by Crippen LogP contribution is -2.47. The average Bonchev–Trinajstić information content (AvgIpc) is 3.53. The van der Waals surface area contributed by atoms with Crippen LogP contribution in [0.25, 0.3) is 0 Å². The minimum atomic E-state index is -0.135. The van der Waals surface area contributed by atoms with E-state index in [4.69, 9.17) is 0 Å². The molecule has 1 aliphatic heterocycles. The van der Waals surface area contributed by atoms with Gasteiger partial charge in [0.2, 0.25) is 0 Å². The summed E-state index contributed by atoms with van der Waals surface area (Å²) < 4.78 is 0. The third kappa shape index (κ3) is 4.09. The van der Waals surface area contributed by atoms with Crippen LogP contribution in [0, 0.1) is 5.92 Å². The maximum absolute atomic E-state index is 12.1. The number of piperazine rings is 1. The Hall–Kier alpha value is -2.70. The number of carbonyl (C=O) groups is 1. The molecule has 4 rings (SSSR count). The van der Waals surface area contributed by atoms with Gasteiger partial charge >= 0.3 is 0 Å². The maximum Gasteiger partial charge on any atom is 0.271 e. The topological polar surface area (TPSA) is 74.2 Å². The van der Waals surface area contributed by atoms with E-state index in [1.807, 2.05) is 30.5 Å². The number of carbonyl (C=O) groups excluding carboxylic acids is 1. The first-order valence-corrected chi connectivity index (χ1v) is 9.32. The first-order valence-electron chi connectivity index (χ1n) is 9.32. The molecule has 7 nitrogen and oxygen atoms in total. The largest absolute Gasteiger partial charge is 0.353 e. The van der Waals surface area contributed by atoms with Crippen LogP contribution in [-0.2, 0) is 0 Å². The van der Waals surface area contributed by atoms with Gasteiger partial charge in [-0.2, -0.15) is 0 Å². The van der Waals surface area contributed by atoms with Crippen molar-refractivity contribution < 1.29 is 4.79 Å². The standard InChI is InChI=1S/C19H24N6O/c26-19(21-10-8-15-4-5-15)16-6-7-18(23-22-16)25-13-11-24(12-14-25)17-3-1-2-9-20-17/h1-3,6-7,9,15H,4-5,8,10-14H2,(H,21,26). The minimum Gasteiger partial charge on any atom is -0.353 e. The smallest absolute Gasteiger partial charge is 0.271 e. The Morgan fingerprint density at radius 3 is 2.38 bits per heavy atom. The molecular formula is C19H24N6O. The Bertz CT molecular complexity index is 723. The second-order valence-corrected chi connectivity index (χ2v) is 6.93. The van der Waals surface area contributed by atoms with Crippen LogP contribution in [0.1, 0.15) is 29.8 Å². The van der Waals surface area contributed by atoms with Crippen molar-refractivity contribution in [1.29, 1.82) is 0 Å². The van der Waals surface area contributed by atoms with Crippen molar-refractivity contribution in [3.8, 4) is 0 Å². The molecule has 0 bridgehead atoms. The molecule has 3 heterocycles. The number of hydrogen-bond acceptors (Lipinski definition) is 6. The average molecular weight is 352 g/mol. The lowest BCUT2D eigenvalue weighted by Gasteiger charge is -2.35. The maximum atomic E-state index is 12.1. The number of nitrogens with zero attached hydrogens (tertiary/aromatic N) is 5. The van der Waals surface area contributed by atoms with Crippen molar-refractivity contribution in [2.75, 3.05) is 42.5 Å². The zero-order valence-electron chi connectivity index (χ0n) is 14.8. The molecule has 0 aromatic carbocycles. The molecule has 1 N–H and O–H groups in total. The summed E-state index contributed by atoms with van der Waals surface area (Å²) in [6.07, 6.45) is 5.50. The molecule has 0 unspecified atom stereocenters. The molecule has 1 saturated heterocycles. The van der Waals surface area contributed by atoms with Gasteiger partial charge in [-0.3, -0.25) is 4.79 Å². The van der Waals surface area contributed by atoms with Gasteiger partial charge in [-0.05, 0) is 36.6 Å². The minimum absolute atomic E-state index is 0.135. The molecule has 0 atom stereocenters. The highest BCUT2D eigenvalue weighted by Crippen LogP contribution is 2.31. The summed E-state index contributed by atoms with van der Waals surface area (Å²) in [5, 5.41) is 11.3. The number of anilines is 2. The molecule has 2 aromatic heterocycles. The van der Waals surface area contributed by atoms with E-state index < -0.39 is 0 Å². The van der Waals surface area contributed by atoms with Crippen LogP contribution < -0.4 is 15.1 Å². The molecule has 26 heavy (non-hydrogen) atoms. The molecule has 2 aromatic rings. The molecule has 7 heteroatoms. The van der Waals surface area contributed by atoms with Crippen LogP contribution in [0.3, 0.4) is 0 Å². The molecule has 1 amide bonds. The van der Waals surface area contributed by atoms with Gasteiger partial charge in [0, 0.05) is 38.9 Å². The van der Waals surface area contributed by atoms with Gasteiger partial charge < -0.3 is 15.1 Å². The fraction of sp³-hybridized carbons (Fsp3) is 0.474. The SMILES string of the molecule is O=C(NCCC1CC1)c1ccc(N2CCN(c3ccccn3)CC2)nn1. The van der Waals surface area contributed by atoms with Crippen LogP contribution in [-0.4, -0.2) is 53.8 Å². The predicted octanol–water partition coefficient (Wildman–Crippen LogP) is 1.73. The highest BCUT2D eigenvalue weighted by Gasteiger charge is 2.21. The van der Waals surface area contributed by atoms with Gasteiger partial charge in [-0.25, -0.2) is 4.98 Å². The van der Waals surface area contributed by atoms with E-state index in [0.717, 1.165) is 56.7 Å². The highest BCUT2D eigenvalue weighted by atomic mass is 16.1. The zero-order chi connectivity index (χ0) is 17.8. The Balaban J connectivity index is 1.29. The molecule has 1 aliphatic carbocycles. The van der Waals surface area contributed by atoms with Crippen molar-refractivity contribution in [2.24, 2.45) is 5.92 Å². The lowest BCUT2D eigenvalue weighted by molar-refractivity contribution is 0.0946. The van der Waals surface area contributed by atoms with Crippen LogP contribution in [0.5, 0.6) is 0 Å². The Kier molecular flexibility index (Phi) is 4.95. The number of pyridine rings is 1. The van der Waals surface area contributed by atoms with Gasteiger partial charge in [0.15, 0.2) is 11.5 Å². The molecule has 1 saturated carbocycles. The van der Waals surface area contributed by atoms with Gasteiger partial charge in [-0.15, -0.1) is 10.2 Å². The number of amides is 1. The van der Waals surface area contributed by atoms with Crippen molar-refractivity contribution >= 4 is 17.5 Å². The molecular weight excluding hydrogens is 328 g/mol. The first-order chi connectivity index (χ1) is 12.8. The second kappa shape index (κ2) is 7.68. The summed E-state index contributed by atoms with van der Waals surface area (Å²) in [5.41, 5.74) is 0.386. The number of nitrogens with one attached hydrogen (secondary N) is 1. The molecule has 0 radical (unpaired) electrons. The van der Waals surface area contributed by atoms with E-state index in [9.17, 15) is 4.79 Å². The first kappa shape index (κ1) is 16.8. The number of rotatable bonds is 6. The summed E-state index contributed by atoms with van der Waals surface area (Å²) >= 11 is 0. The van der Waals surface area contributed by atoms with E-state index in [2.05, 4.69) is 30.3 Å². The monoisotopic (exact) mass is 352 g/mol. The fourth-order valence-electron chi connectivity index (χ4n) is 3.21. The van der Waals surface area contributed by atoms with E-state index >= 15 is 0 Å². The quantitative estimate of drug-likeness (QED) is 0.853. The Morgan fingerprint density at radius 1 is 1.00 bits per heavy atom. The van der Waals surface area contributed by atoms with Crippen LogP contribution in [0.2, 0.25) is 0 Å². The van der Waals surface area contributed by atoms with Gasteiger partial charge in [0.05, 0.1) is 0 Å². The number of hydrogen-bond donors (Lipinski definition) is 1. The molecule has 2 fully saturated rings. The van der Waals surface area contributed by atoms with Gasteiger partial charge in [-0.1, -0.05) is 18.9 Å². The number of aromatic nitrogens is 3.